The van der Waals surface area contributed by atoms with Crippen molar-refractivity contribution < 1.29 is 4.39 Å². The van der Waals surface area contributed by atoms with Gasteiger partial charge in [-0.2, -0.15) is 5.26 Å². The Morgan fingerprint density at radius 3 is 2.76 bits per heavy atom. The Labute approximate surface area is 129 Å². The standard InChI is InChI=1S/C17H16ClFN2/c1-2-5-21-11-14-8-15(18)3-4-17(14)13-6-12(10-20)7-16(19)9-13/h3-4,6-9,21H,2,5,11H2,1H3. The lowest BCUT2D eigenvalue weighted by atomic mass is 9.98. The van der Waals surface area contributed by atoms with Crippen molar-refractivity contribution in [3.63, 3.8) is 0 Å². The van der Waals surface area contributed by atoms with E-state index in [4.69, 9.17) is 16.9 Å². The van der Waals surface area contributed by atoms with Crippen LogP contribution < -0.4 is 5.32 Å². The minimum Gasteiger partial charge on any atom is -0.313 e. The van der Waals surface area contributed by atoms with Crippen LogP contribution in [0.15, 0.2) is 36.4 Å². The number of halogens is 2. The van der Waals surface area contributed by atoms with Gasteiger partial charge in [0.2, 0.25) is 0 Å². The number of hydrogen-bond donors (Lipinski definition) is 1. The summed E-state index contributed by atoms with van der Waals surface area (Å²) in [5, 5.41) is 12.9. The third-order valence-corrected chi connectivity index (χ3v) is 3.38. The zero-order valence-corrected chi connectivity index (χ0v) is 12.5. The zero-order valence-electron chi connectivity index (χ0n) is 11.8. The van der Waals surface area contributed by atoms with Crippen LogP contribution >= 0.6 is 11.6 Å². The first kappa shape index (κ1) is 15.5. The molecule has 2 rings (SSSR count). The molecule has 2 nitrogen and oxygen atoms in total. The summed E-state index contributed by atoms with van der Waals surface area (Å²) in [5.74, 6) is -0.411. The average molecular weight is 303 g/mol. The second-order valence-corrected chi connectivity index (χ2v) is 5.26. The van der Waals surface area contributed by atoms with Crippen molar-refractivity contribution in [2.75, 3.05) is 6.54 Å². The molecule has 2 aromatic rings. The summed E-state index contributed by atoms with van der Waals surface area (Å²) >= 11 is 6.05. The van der Waals surface area contributed by atoms with Gasteiger partial charge in [-0.05, 0) is 60.0 Å². The first-order chi connectivity index (χ1) is 10.1. The quantitative estimate of drug-likeness (QED) is 0.824. The Morgan fingerprint density at radius 1 is 1.24 bits per heavy atom. The van der Waals surface area contributed by atoms with E-state index in [-0.39, 0.29) is 0 Å². The smallest absolute Gasteiger partial charge is 0.125 e. The number of nitriles is 1. The Bertz CT molecular complexity index is 677. The van der Waals surface area contributed by atoms with Gasteiger partial charge in [-0.25, -0.2) is 4.39 Å². The van der Waals surface area contributed by atoms with Crippen LogP contribution in [0.4, 0.5) is 4.39 Å². The molecule has 2 aromatic carbocycles. The number of nitrogens with zero attached hydrogens (tertiary/aromatic N) is 1. The molecule has 0 fully saturated rings. The summed E-state index contributed by atoms with van der Waals surface area (Å²) in [6, 6.07) is 11.8. The van der Waals surface area contributed by atoms with Crippen LogP contribution in [0.1, 0.15) is 24.5 Å². The molecule has 0 amide bonds. The van der Waals surface area contributed by atoms with Gasteiger partial charge in [0.25, 0.3) is 0 Å². The monoisotopic (exact) mass is 302 g/mol. The summed E-state index contributed by atoms with van der Waals surface area (Å²) in [6.45, 7) is 3.65. The van der Waals surface area contributed by atoms with Gasteiger partial charge in [-0.1, -0.05) is 24.6 Å². The van der Waals surface area contributed by atoms with Crippen molar-refractivity contribution in [1.29, 1.82) is 5.26 Å². The molecule has 0 aliphatic heterocycles. The fraction of sp³-hybridized carbons (Fsp3) is 0.235. The largest absolute Gasteiger partial charge is 0.313 e. The van der Waals surface area contributed by atoms with E-state index in [1.54, 1.807) is 12.1 Å². The third kappa shape index (κ3) is 4.04. The lowest BCUT2D eigenvalue weighted by Gasteiger charge is -2.12. The van der Waals surface area contributed by atoms with Crippen LogP contribution in [-0.2, 0) is 6.54 Å². The van der Waals surface area contributed by atoms with E-state index in [2.05, 4.69) is 12.2 Å². The molecule has 0 heterocycles. The van der Waals surface area contributed by atoms with E-state index in [1.165, 1.54) is 12.1 Å². The number of rotatable bonds is 5. The van der Waals surface area contributed by atoms with Gasteiger partial charge < -0.3 is 5.32 Å². The van der Waals surface area contributed by atoms with Crippen molar-refractivity contribution >= 4 is 11.6 Å². The second kappa shape index (κ2) is 7.21. The first-order valence-corrected chi connectivity index (χ1v) is 7.22. The van der Waals surface area contributed by atoms with Gasteiger partial charge in [0.1, 0.15) is 5.82 Å². The molecular weight excluding hydrogens is 287 g/mol. The second-order valence-electron chi connectivity index (χ2n) is 4.82. The molecule has 0 aliphatic carbocycles. The van der Waals surface area contributed by atoms with Crippen molar-refractivity contribution in [2.24, 2.45) is 0 Å². The summed E-state index contributed by atoms with van der Waals surface area (Å²) in [7, 11) is 0. The molecule has 0 spiro atoms. The highest BCUT2D eigenvalue weighted by atomic mass is 35.5. The molecule has 0 atom stereocenters. The fourth-order valence-corrected chi connectivity index (χ4v) is 2.39. The molecule has 0 saturated heterocycles. The number of nitrogens with one attached hydrogen (secondary N) is 1. The van der Waals surface area contributed by atoms with Gasteiger partial charge in [-0.3, -0.25) is 0 Å². The van der Waals surface area contributed by atoms with Crippen LogP contribution in [0.2, 0.25) is 5.02 Å². The van der Waals surface area contributed by atoms with E-state index in [1.807, 2.05) is 18.2 Å². The van der Waals surface area contributed by atoms with E-state index >= 15 is 0 Å². The topological polar surface area (TPSA) is 35.8 Å². The molecule has 0 aliphatic rings. The van der Waals surface area contributed by atoms with Crippen molar-refractivity contribution in [3.05, 3.63) is 58.4 Å². The molecule has 21 heavy (non-hydrogen) atoms. The summed E-state index contributed by atoms with van der Waals surface area (Å²) in [6.07, 6.45) is 1.04. The Balaban J connectivity index is 2.43. The molecule has 1 N–H and O–H groups in total. The maximum absolute atomic E-state index is 13.6. The molecule has 0 aromatic heterocycles. The average Bonchev–Trinajstić information content (AvgIpc) is 2.47. The molecule has 4 heteroatoms. The minimum atomic E-state index is -0.411. The zero-order chi connectivity index (χ0) is 15.2. The van der Waals surface area contributed by atoms with E-state index < -0.39 is 5.82 Å². The van der Waals surface area contributed by atoms with Crippen LogP contribution in [0.5, 0.6) is 0 Å². The van der Waals surface area contributed by atoms with Gasteiger partial charge in [-0.15, -0.1) is 0 Å². The Morgan fingerprint density at radius 2 is 2.05 bits per heavy atom. The SMILES string of the molecule is CCCNCc1cc(Cl)ccc1-c1cc(F)cc(C#N)c1. The highest BCUT2D eigenvalue weighted by Gasteiger charge is 2.09. The predicted molar refractivity (Wildman–Crippen MR) is 83.6 cm³/mol. The lowest BCUT2D eigenvalue weighted by Crippen LogP contribution is -2.14. The number of hydrogen-bond acceptors (Lipinski definition) is 2. The minimum absolute atomic E-state index is 0.312. The highest BCUT2D eigenvalue weighted by Crippen LogP contribution is 2.28. The normalized spacial score (nSPS) is 10.4. The molecule has 0 unspecified atom stereocenters. The van der Waals surface area contributed by atoms with Crippen molar-refractivity contribution in [1.82, 2.24) is 5.32 Å². The van der Waals surface area contributed by atoms with Gasteiger partial charge >= 0.3 is 0 Å². The third-order valence-electron chi connectivity index (χ3n) is 3.15. The van der Waals surface area contributed by atoms with Crippen LogP contribution in [0.25, 0.3) is 11.1 Å². The van der Waals surface area contributed by atoms with Crippen LogP contribution in [-0.4, -0.2) is 6.54 Å². The van der Waals surface area contributed by atoms with E-state index in [0.29, 0.717) is 22.7 Å². The summed E-state index contributed by atoms with van der Waals surface area (Å²) in [5.41, 5.74) is 2.88. The molecule has 0 bridgehead atoms. The Kier molecular flexibility index (Phi) is 5.32. The molecule has 108 valence electrons. The van der Waals surface area contributed by atoms with Crippen LogP contribution in [0.3, 0.4) is 0 Å². The van der Waals surface area contributed by atoms with Crippen LogP contribution in [0, 0.1) is 17.1 Å². The summed E-state index contributed by atoms with van der Waals surface area (Å²) < 4.78 is 13.6. The van der Waals surface area contributed by atoms with Crippen molar-refractivity contribution in [3.8, 4) is 17.2 Å². The lowest BCUT2D eigenvalue weighted by molar-refractivity contribution is 0.628. The van der Waals surface area contributed by atoms with Gasteiger partial charge in [0.05, 0.1) is 11.6 Å². The van der Waals surface area contributed by atoms with Crippen molar-refractivity contribution in [2.45, 2.75) is 19.9 Å². The van der Waals surface area contributed by atoms with E-state index in [9.17, 15) is 4.39 Å². The Hall–Kier alpha value is -1.89. The maximum Gasteiger partial charge on any atom is 0.125 e. The first-order valence-electron chi connectivity index (χ1n) is 6.84. The fourth-order valence-electron chi connectivity index (χ4n) is 2.20. The molecule has 0 radical (unpaired) electrons. The number of benzene rings is 2. The van der Waals surface area contributed by atoms with Gasteiger partial charge in [0, 0.05) is 11.6 Å². The van der Waals surface area contributed by atoms with E-state index in [0.717, 1.165) is 24.1 Å². The maximum atomic E-state index is 13.6. The summed E-state index contributed by atoms with van der Waals surface area (Å²) in [4.78, 5) is 0. The predicted octanol–water partition coefficient (Wildman–Crippen LogP) is 4.52. The molecule has 0 saturated carbocycles. The molecular formula is C17H16ClFN2. The van der Waals surface area contributed by atoms with Gasteiger partial charge in [0.15, 0.2) is 0 Å². The highest BCUT2D eigenvalue weighted by molar-refractivity contribution is 6.30.